The van der Waals surface area contributed by atoms with Crippen molar-refractivity contribution in [3.8, 4) is 11.5 Å². The fourth-order valence-electron chi connectivity index (χ4n) is 2.75. The summed E-state index contributed by atoms with van der Waals surface area (Å²) < 4.78 is 5.61. The second-order valence-corrected chi connectivity index (χ2v) is 6.49. The number of carbonyl (C=O) groups is 2. The highest BCUT2D eigenvalue weighted by Gasteiger charge is 2.25. The molecule has 6 nitrogen and oxygen atoms in total. The summed E-state index contributed by atoms with van der Waals surface area (Å²) in [5.41, 5.74) is 1.37. The molecule has 2 aromatic rings. The highest BCUT2D eigenvalue weighted by molar-refractivity contribution is 6.30. The Morgan fingerprint density at radius 1 is 1.12 bits per heavy atom. The minimum Gasteiger partial charge on any atom is -0.508 e. The van der Waals surface area contributed by atoms with E-state index in [2.05, 4.69) is 10.6 Å². The van der Waals surface area contributed by atoms with E-state index in [0.29, 0.717) is 36.7 Å². The monoisotopic (exact) mass is 374 g/mol. The second-order valence-electron chi connectivity index (χ2n) is 6.06. The standard InChI is InChI=1S/C19H19ClN2O4/c20-15-3-6-17-13(10-15)9-14(11-26-17)19(25)22-8-7-21-18(24)12-1-4-16(23)5-2-12/h1-6,10,14,23H,7-9,11H2,(H,21,24)(H,22,25). The van der Waals surface area contributed by atoms with Crippen LogP contribution in [0.25, 0.3) is 0 Å². The maximum absolute atomic E-state index is 12.3. The van der Waals surface area contributed by atoms with Crippen LogP contribution in [-0.2, 0) is 11.2 Å². The maximum Gasteiger partial charge on any atom is 0.251 e. The van der Waals surface area contributed by atoms with Gasteiger partial charge in [0.05, 0.1) is 5.92 Å². The Bertz CT molecular complexity index is 808. The first-order valence-electron chi connectivity index (χ1n) is 8.29. The molecule has 0 aliphatic carbocycles. The van der Waals surface area contributed by atoms with Crippen LogP contribution < -0.4 is 15.4 Å². The van der Waals surface area contributed by atoms with Gasteiger partial charge >= 0.3 is 0 Å². The lowest BCUT2D eigenvalue weighted by Crippen LogP contribution is -2.41. The molecule has 0 spiro atoms. The van der Waals surface area contributed by atoms with E-state index in [1.165, 1.54) is 24.3 Å². The van der Waals surface area contributed by atoms with Crippen molar-refractivity contribution < 1.29 is 19.4 Å². The number of phenolic OH excluding ortho intramolecular Hbond substituents is 1. The highest BCUT2D eigenvalue weighted by Crippen LogP contribution is 2.29. The number of rotatable bonds is 5. The molecule has 7 heteroatoms. The zero-order chi connectivity index (χ0) is 18.5. The Balaban J connectivity index is 1.43. The Kier molecular flexibility index (Phi) is 5.63. The van der Waals surface area contributed by atoms with E-state index in [-0.39, 0.29) is 23.5 Å². The van der Waals surface area contributed by atoms with Crippen LogP contribution >= 0.6 is 11.6 Å². The van der Waals surface area contributed by atoms with E-state index < -0.39 is 0 Å². The SMILES string of the molecule is O=C(NCCNC(=O)C1COc2ccc(Cl)cc2C1)c1ccc(O)cc1. The summed E-state index contributed by atoms with van der Waals surface area (Å²) in [7, 11) is 0. The average molecular weight is 375 g/mol. The molecule has 0 bridgehead atoms. The lowest BCUT2D eigenvalue weighted by atomic mass is 9.96. The van der Waals surface area contributed by atoms with Crippen LogP contribution in [0.2, 0.25) is 5.02 Å². The van der Waals surface area contributed by atoms with E-state index in [9.17, 15) is 14.7 Å². The smallest absolute Gasteiger partial charge is 0.251 e. The zero-order valence-electron chi connectivity index (χ0n) is 14.0. The van der Waals surface area contributed by atoms with Crippen LogP contribution in [0.5, 0.6) is 11.5 Å². The third-order valence-electron chi connectivity index (χ3n) is 4.14. The van der Waals surface area contributed by atoms with Crippen LogP contribution in [-0.4, -0.2) is 36.6 Å². The predicted molar refractivity (Wildman–Crippen MR) is 97.6 cm³/mol. The maximum atomic E-state index is 12.3. The molecule has 1 heterocycles. The molecule has 1 aliphatic heterocycles. The summed E-state index contributed by atoms with van der Waals surface area (Å²) in [5, 5.41) is 15.4. The highest BCUT2D eigenvalue weighted by atomic mass is 35.5. The van der Waals surface area contributed by atoms with Crippen LogP contribution in [0, 0.1) is 5.92 Å². The van der Waals surface area contributed by atoms with Crippen molar-refractivity contribution in [3.63, 3.8) is 0 Å². The normalized spacial score (nSPS) is 15.5. The zero-order valence-corrected chi connectivity index (χ0v) is 14.8. The number of nitrogens with one attached hydrogen (secondary N) is 2. The average Bonchev–Trinajstić information content (AvgIpc) is 2.64. The van der Waals surface area contributed by atoms with Crippen molar-refractivity contribution in [3.05, 3.63) is 58.6 Å². The quantitative estimate of drug-likeness (QED) is 0.700. The molecule has 3 rings (SSSR count). The van der Waals surface area contributed by atoms with Gasteiger partial charge in [-0.05, 0) is 54.4 Å². The second kappa shape index (κ2) is 8.10. The molecular formula is C19H19ClN2O4. The Labute approximate surface area is 156 Å². The van der Waals surface area contributed by atoms with Gasteiger partial charge in [-0.25, -0.2) is 0 Å². The molecule has 0 radical (unpaired) electrons. The summed E-state index contributed by atoms with van der Waals surface area (Å²) in [6.45, 7) is 0.948. The van der Waals surface area contributed by atoms with E-state index in [1.54, 1.807) is 6.07 Å². The first-order valence-corrected chi connectivity index (χ1v) is 8.67. The number of halogens is 1. The van der Waals surface area contributed by atoms with Gasteiger partial charge in [0.25, 0.3) is 5.91 Å². The predicted octanol–water partition coefficient (Wildman–Crippen LogP) is 2.14. The van der Waals surface area contributed by atoms with Gasteiger partial charge in [-0.2, -0.15) is 0 Å². The van der Waals surface area contributed by atoms with Gasteiger partial charge < -0.3 is 20.5 Å². The molecule has 136 valence electrons. The number of aromatic hydroxyl groups is 1. The van der Waals surface area contributed by atoms with Gasteiger partial charge in [0.1, 0.15) is 18.1 Å². The van der Waals surface area contributed by atoms with Crippen molar-refractivity contribution in [1.29, 1.82) is 0 Å². The first kappa shape index (κ1) is 18.1. The van der Waals surface area contributed by atoms with Gasteiger partial charge in [0, 0.05) is 23.7 Å². The fraction of sp³-hybridized carbons (Fsp3) is 0.263. The van der Waals surface area contributed by atoms with Gasteiger partial charge in [-0.3, -0.25) is 9.59 Å². The number of carbonyl (C=O) groups excluding carboxylic acids is 2. The van der Waals surface area contributed by atoms with E-state index in [1.807, 2.05) is 12.1 Å². The van der Waals surface area contributed by atoms with Crippen molar-refractivity contribution in [2.75, 3.05) is 19.7 Å². The number of hydrogen-bond acceptors (Lipinski definition) is 4. The lowest BCUT2D eigenvalue weighted by molar-refractivity contribution is -0.126. The molecule has 0 saturated carbocycles. The number of phenols is 1. The van der Waals surface area contributed by atoms with E-state index in [4.69, 9.17) is 16.3 Å². The van der Waals surface area contributed by atoms with Gasteiger partial charge in [0.15, 0.2) is 0 Å². The summed E-state index contributed by atoms with van der Waals surface area (Å²) in [6.07, 6.45) is 0.571. The van der Waals surface area contributed by atoms with Gasteiger partial charge in [-0.15, -0.1) is 0 Å². The Hall–Kier alpha value is -2.73. The van der Waals surface area contributed by atoms with Crippen molar-refractivity contribution in [2.24, 2.45) is 5.92 Å². The lowest BCUT2D eigenvalue weighted by Gasteiger charge is -2.24. The van der Waals surface area contributed by atoms with Gasteiger partial charge in [-0.1, -0.05) is 11.6 Å². The van der Waals surface area contributed by atoms with Crippen molar-refractivity contribution in [1.82, 2.24) is 10.6 Å². The summed E-state index contributed by atoms with van der Waals surface area (Å²) in [5.74, 6) is 0.207. The third kappa shape index (κ3) is 4.46. The Morgan fingerprint density at radius 3 is 2.62 bits per heavy atom. The van der Waals surface area contributed by atoms with Crippen LogP contribution in [0.15, 0.2) is 42.5 Å². The largest absolute Gasteiger partial charge is 0.508 e. The van der Waals surface area contributed by atoms with Crippen LogP contribution in [0.3, 0.4) is 0 Å². The molecule has 0 saturated heterocycles. The summed E-state index contributed by atoms with van der Waals surface area (Å²) >= 11 is 5.98. The molecule has 1 atom stereocenters. The molecule has 2 amide bonds. The topological polar surface area (TPSA) is 87.7 Å². The molecule has 0 aromatic heterocycles. The number of fused-ring (bicyclic) bond motifs is 1. The molecule has 1 unspecified atom stereocenters. The first-order chi connectivity index (χ1) is 12.5. The molecule has 0 fully saturated rings. The molecule has 2 aromatic carbocycles. The molecule has 3 N–H and O–H groups in total. The number of benzene rings is 2. The third-order valence-corrected chi connectivity index (χ3v) is 4.37. The van der Waals surface area contributed by atoms with Crippen molar-refractivity contribution in [2.45, 2.75) is 6.42 Å². The Morgan fingerprint density at radius 2 is 1.85 bits per heavy atom. The van der Waals surface area contributed by atoms with Gasteiger partial charge in [0.2, 0.25) is 5.91 Å². The minimum absolute atomic E-state index is 0.103. The summed E-state index contributed by atoms with van der Waals surface area (Å²) in [6, 6.07) is 11.3. The van der Waals surface area contributed by atoms with Crippen LogP contribution in [0.1, 0.15) is 15.9 Å². The molecule has 26 heavy (non-hydrogen) atoms. The number of amides is 2. The number of hydrogen-bond donors (Lipinski definition) is 3. The van der Waals surface area contributed by atoms with Crippen LogP contribution in [0.4, 0.5) is 0 Å². The molecule has 1 aliphatic rings. The molecular weight excluding hydrogens is 356 g/mol. The van der Waals surface area contributed by atoms with Crippen molar-refractivity contribution >= 4 is 23.4 Å². The number of ether oxygens (including phenoxy) is 1. The minimum atomic E-state index is -0.284. The fourth-order valence-corrected chi connectivity index (χ4v) is 2.95. The van der Waals surface area contributed by atoms with E-state index >= 15 is 0 Å². The summed E-state index contributed by atoms with van der Waals surface area (Å²) in [4.78, 5) is 24.2. The van der Waals surface area contributed by atoms with E-state index in [0.717, 1.165) is 11.3 Å².